The first-order valence-corrected chi connectivity index (χ1v) is 5.85. The number of guanidine groups is 1. The SMILES string of the molecule is C#CCN(C1=NCCN1)c1cc(Cl)ccc1C. The summed E-state index contributed by atoms with van der Waals surface area (Å²) >= 11 is 6.03. The molecule has 0 atom stereocenters. The van der Waals surface area contributed by atoms with Crippen molar-refractivity contribution in [2.45, 2.75) is 6.92 Å². The number of hydrogen-bond donors (Lipinski definition) is 1. The molecule has 0 saturated heterocycles. The summed E-state index contributed by atoms with van der Waals surface area (Å²) < 4.78 is 0. The largest absolute Gasteiger partial charge is 0.354 e. The van der Waals surface area contributed by atoms with Gasteiger partial charge < -0.3 is 10.2 Å². The van der Waals surface area contributed by atoms with Crippen molar-refractivity contribution in [2.75, 3.05) is 24.5 Å². The molecular formula is C13H14ClN3. The van der Waals surface area contributed by atoms with Crippen molar-refractivity contribution < 1.29 is 0 Å². The Balaban J connectivity index is 2.38. The second-order valence-corrected chi connectivity index (χ2v) is 4.29. The Bertz CT molecular complexity index is 488. The van der Waals surface area contributed by atoms with Gasteiger partial charge >= 0.3 is 0 Å². The molecule has 0 saturated carbocycles. The molecule has 4 heteroatoms. The summed E-state index contributed by atoms with van der Waals surface area (Å²) in [6, 6.07) is 5.77. The predicted molar refractivity (Wildman–Crippen MR) is 72.7 cm³/mol. The normalized spacial score (nSPS) is 13.8. The van der Waals surface area contributed by atoms with Crippen molar-refractivity contribution in [1.29, 1.82) is 0 Å². The van der Waals surface area contributed by atoms with E-state index in [4.69, 9.17) is 18.0 Å². The Kier molecular flexibility index (Phi) is 3.55. The van der Waals surface area contributed by atoms with Gasteiger partial charge in [-0.15, -0.1) is 6.42 Å². The lowest BCUT2D eigenvalue weighted by Crippen LogP contribution is -2.39. The number of halogens is 1. The number of rotatable bonds is 2. The standard InChI is InChI=1S/C13H14ClN3/c1-3-8-17(13-15-6-7-16-13)12-9-11(14)5-4-10(12)2/h1,4-5,9H,6-8H2,2H3,(H,15,16). The monoisotopic (exact) mass is 247 g/mol. The lowest BCUT2D eigenvalue weighted by atomic mass is 10.2. The van der Waals surface area contributed by atoms with E-state index in [0.29, 0.717) is 11.6 Å². The van der Waals surface area contributed by atoms with Crippen LogP contribution in [0.3, 0.4) is 0 Å². The number of aliphatic imine (C=N–C) groups is 1. The number of hydrogen-bond acceptors (Lipinski definition) is 3. The van der Waals surface area contributed by atoms with Crippen molar-refractivity contribution in [3.8, 4) is 12.3 Å². The van der Waals surface area contributed by atoms with Crippen LogP contribution >= 0.6 is 11.6 Å². The highest BCUT2D eigenvalue weighted by molar-refractivity contribution is 6.31. The summed E-state index contributed by atoms with van der Waals surface area (Å²) in [5, 5.41) is 3.92. The van der Waals surface area contributed by atoms with Crippen LogP contribution in [0.4, 0.5) is 5.69 Å². The van der Waals surface area contributed by atoms with Crippen molar-refractivity contribution >= 4 is 23.2 Å². The van der Waals surface area contributed by atoms with Crippen LogP contribution in [-0.4, -0.2) is 25.6 Å². The van der Waals surface area contributed by atoms with Gasteiger partial charge in [0.2, 0.25) is 0 Å². The van der Waals surface area contributed by atoms with Gasteiger partial charge in [-0.25, -0.2) is 0 Å². The minimum absolute atomic E-state index is 0.479. The van der Waals surface area contributed by atoms with Crippen LogP contribution in [0.5, 0.6) is 0 Å². The molecule has 17 heavy (non-hydrogen) atoms. The minimum atomic E-state index is 0.479. The number of aryl methyl sites for hydroxylation is 1. The van der Waals surface area contributed by atoms with E-state index in [1.807, 2.05) is 30.0 Å². The Hall–Kier alpha value is -1.66. The first kappa shape index (κ1) is 11.8. The van der Waals surface area contributed by atoms with Crippen LogP contribution in [0.2, 0.25) is 5.02 Å². The zero-order valence-corrected chi connectivity index (χ0v) is 10.5. The van der Waals surface area contributed by atoms with E-state index < -0.39 is 0 Å². The van der Waals surface area contributed by atoms with Gasteiger partial charge in [0.25, 0.3) is 0 Å². The number of anilines is 1. The van der Waals surface area contributed by atoms with Gasteiger partial charge in [-0.1, -0.05) is 23.6 Å². The maximum Gasteiger partial charge on any atom is 0.199 e. The third-order valence-corrected chi connectivity index (χ3v) is 2.86. The van der Waals surface area contributed by atoms with Crippen LogP contribution in [0.15, 0.2) is 23.2 Å². The van der Waals surface area contributed by atoms with Crippen LogP contribution in [0.25, 0.3) is 0 Å². The fourth-order valence-corrected chi connectivity index (χ4v) is 1.97. The molecule has 0 aliphatic carbocycles. The Morgan fingerprint density at radius 3 is 3.06 bits per heavy atom. The van der Waals surface area contributed by atoms with E-state index in [-0.39, 0.29) is 0 Å². The second kappa shape index (κ2) is 5.11. The maximum atomic E-state index is 6.03. The van der Waals surface area contributed by atoms with E-state index in [9.17, 15) is 0 Å². The van der Waals surface area contributed by atoms with Gasteiger partial charge in [0.05, 0.1) is 13.1 Å². The lowest BCUT2D eigenvalue weighted by Gasteiger charge is -2.24. The van der Waals surface area contributed by atoms with Crippen LogP contribution < -0.4 is 10.2 Å². The van der Waals surface area contributed by atoms with Crippen molar-refractivity contribution in [1.82, 2.24) is 5.32 Å². The molecule has 0 aromatic heterocycles. The first-order chi connectivity index (χ1) is 8.22. The van der Waals surface area contributed by atoms with Gasteiger partial charge in [-0.2, -0.15) is 0 Å². The first-order valence-electron chi connectivity index (χ1n) is 5.48. The summed E-state index contributed by atoms with van der Waals surface area (Å²) in [6.07, 6.45) is 5.42. The van der Waals surface area contributed by atoms with Gasteiger partial charge in [-0.05, 0) is 24.6 Å². The third-order valence-electron chi connectivity index (χ3n) is 2.62. The quantitative estimate of drug-likeness (QED) is 0.810. The van der Waals surface area contributed by atoms with Gasteiger partial charge in [0.15, 0.2) is 5.96 Å². The number of nitrogens with one attached hydrogen (secondary N) is 1. The fourth-order valence-electron chi connectivity index (χ4n) is 1.80. The highest BCUT2D eigenvalue weighted by Gasteiger charge is 2.17. The third kappa shape index (κ3) is 2.54. The zero-order chi connectivity index (χ0) is 12.3. The summed E-state index contributed by atoms with van der Waals surface area (Å²) in [7, 11) is 0. The number of benzene rings is 1. The molecular weight excluding hydrogens is 234 g/mol. The average molecular weight is 248 g/mol. The molecule has 0 amide bonds. The molecule has 1 N–H and O–H groups in total. The zero-order valence-electron chi connectivity index (χ0n) is 9.70. The van der Waals surface area contributed by atoms with Gasteiger partial charge in [0.1, 0.15) is 0 Å². The van der Waals surface area contributed by atoms with Gasteiger partial charge in [-0.3, -0.25) is 4.99 Å². The molecule has 1 aromatic rings. The molecule has 0 radical (unpaired) electrons. The summed E-state index contributed by atoms with van der Waals surface area (Å²) in [4.78, 5) is 6.38. The minimum Gasteiger partial charge on any atom is -0.354 e. The van der Waals surface area contributed by atoms with Crippen LogP contribution in [0.1, 0.15) is 5.56 Å². The van der Waals surface area contributed by atoms with E-state index in [1.54, 1.807) is 0 Å². The molecule has 1 heterocycles. The molecule has 0 fully saturated rings. The van der Waals surface area contributed by atoms with Crippen LogP contribution in [0, 0.1) is 19.3 Å². The molecule has 2 rings (SSSR count). The van der Waals surface area contributed by atoms with E-state index in [1.165, 1.54) is 0 Å². The molecule has 0 spiro atoms. The van der Waals surface area contributed by atoms with E-state index in [0.717, 1.165) is 30.3 Å². The lowest BCUT2D eigenvalue weighted by molar-refractivity contribution is 0.946. The van der Waals surface area contributed by atoms with Crippen molar-refractivity contribution in [3.63, 3.8) is 0 Å². The van der Waals surface area contributed by atoms with Crippen LogP contribution in [-0.2, 0) is 0 Å². The molecule has 3 nitrogen and oxygen atoms in total. The molecule has 0 bridgehead atoms. The summed E-state index contributed by atoms with van der Waals surface area (Å²) in [5.74, 6) is 3.48. The Morgan fingerprint density at radius 2 is 2.41 bits per heavy atom. The Labute approximate surface area is 106 Å². The van der Waals surface area contributed by atoms with E-state index >= 15 is 0 Å². The smallest absolute Gasteiger partial charge is 0.199 e. The Morgan fingerprint density at radius 1 is 1.59 bits per heavy atom. The van der Waals surface area contributed by atoms with Crippen molar-refractivity contribution in [3.05, 3.63) is 28.8 Å². The number of terminal acetylenes is 1. The molecule has 88 valence electrons. The highest BCUT2D eigenvalue weighted by Crippen LogP contribution is 2.24. The average Bonchev–Trinajstić information content (AvgIpc) is 2.83. The summed E-state index contributed by atoms with van der Waals surface area (Å²) in [5.41, 5.74) is 2.13. The second-order valence-electron chi connectivity index (χ2n) is 3.85. The van der Waals surface area contributed by atoms with Gasteiger partial charge in [0, 0.05) is 17.3 Å². The fraction of sp³-hybridized carbons (Fsp3) is 0.308. The molecule has 0 unspecified atom stereocenters. The number of nitrogens with zero attached hydrogens (tertiary/aromatic N) is 2. The predicted octanol–water partition coefficient (Wildman–Crippen LogP) is 2.05. The summed E-state index contributed by atoms with van der Waals surface area (Å²) in [6.45, 7) is 4.16. The molecule has 1 aliphatic rings. The topological polar surface area (TPSA) is 27.6 Å². The van der Waals surface area contributed by atoms with E-state index in [2.05, 4.69) is 16.2 Å². The highest BCUT2D eigenvalue weighted by atomic mass is 35.5. The molecule has 1 aromatic carbocycles. The molecule has 1 aliphatic heterocycles. The maximum absolute atomic E-state index is 6.03. The van der Waals surface area contributed by atoms with Crippen molar-refractivity contribution in [2.24, 2.45) is 4.99 Å².